The van der Waals surface area contributed by atoms with Crippen molar-refractivity contribution in [2.75, 3.05) is 23.8 Å². The zero-order valence-electron chi connectivity index (χ0n) is 23.7. The maximum absolute atomic E-state index is 12.4. The molecule has 0 aromatic heterocycles. The second kappa shape index (κ2) is 13.9. The highest BCUT2D eigenvalue weighted by atomic mass is 32.2. The van der Waals surface area contributed by atoms with Crippen LogP contribution in [0.25, 0.3) is 0 Å². The molecule has 0 aliphatic carbocycles. The summed E-state index contributed by atoms with van der Waals surface area (Å²) in [5.74, 6) is 0.996. The summed E-state index contributed by atoms with van der Waals surface area (Å²) in [6.45, 7) is 4.04. The first kappa shape index (κ1) is 31.8. The van der Waals surface area contributed by atoms with Crippen LogP contribution in [0.5, 0.6) is 11.5 Å². The maximum Gasteiger partial charge on any atom is 0.333 e. The number of aryl methyl sites for hydroxylation is 2. The molecule has 4 rings (SSSR count). The second-order valence-corrected chi connectivity index (χ2v) is 12.9. The van der Waals surface area contributed by atoms with Crippen molar-refractivity contribution in [2.24, 2.45) is 0 Å². The fourth-order valence-electron chi connectivity index (χ4n) is 3.70. The van der Waals surface area contributed by atoms with Gasteiger partial charge in [-0.1, -0.05) is 35.4 Å². The largest absolute Gasteiger partial charge is 0.490 e. The molecular formula is C30H30N4O8S2. The minimum atomic E-state index is -4.01. The summed E-state index contributed by atoms with van der Waals surface area (Å²) in [6.07, 6.45) is 0. The predicted octanol–water partition coefficient (Wildman–Crippen LogP) is 4.78. The van der Waals surface area contributed by atoms with Crippen LogP contribution in [0, 0.1) is 13.8 Å². The summed E-state index contributed by atoms with van der Waals surface area (Å²) in [6, 6.07) is 23.1. The first-order chi connectivity index (χ1) is 20.9. The molecule has 0 atom stereocenters. The van der Waals surface area contributed by atoms with Crippen molar-refractivity contribution in [3.05, 3.63) is 108 Å². The molecule has 4 aromatic rings. The van der Waals surface area contributed by atoms with Gasteiger partial charge in [0.05, 0.1) is 9.79 Å². The Balaban J connectivity index is 1.17. The van der Waals surface area contributed by atoms with Gasteiger partial charge in [0.2, 0.25) is 0 Å². The smallest absolute Gasteiger partial charge is 0.333 e. The number of anilines is 2. The van der Waals surface area contributed by atoms with Gasteiger partial charge in [0.15, 0.2) is 0 Å². The van der Waals surface area contributed by atoms with Gasteiger partial charge in [0.1, 0.15) is 24.7 Å². The fraction of sp³-hybridized carbons (Fsp3) is 0.133. The summed E-state index contributed by atoms with van der Waals surface area (Å²) in [4.78, 5) is 24.3. The average Bonchev–Trinajstić information content (AvgIpc) is 2.97. The number of sulfonamides is 2. The number of amides is 4. The SMILES string of the molecule is Cc1ccc(S(=O)(=O)NC(=O)Nc2ccc(OCCOc3ccc(NC(=O)NS(=O)(=O)c4ccc(C)cc4)cc3)cc2)cc1. The third kappa shape index (κ3) is 9.21. The van der Waals surface area contributed by atoms with E-state index in [0.717, 1.165) is 11.1 Å². The van der Waals surface area contributed by atoms with Crippen LogP contribution >= 0.6 is 0 Å². The molecule has 14 heteroatoms. The third-order valence-corrected chi connectivity index (χ3v) is 8.66. The van der Waals surface area contributed by atoms with Crippen molar-refractivity contribution < 1.29 is 35.9 Å². The lowest BCUT2D eigenvalue weighted by molar-refractivity contribution is 0.217. The van der Waals surface area contributed by atoms with Gasteiger partial charge in [-0.15, -0.1) is 0 Å². The monoisotopic (exact) mass is 638 g/mol. The number of carbonyl (C=O) groups excluding carboxylic acids is 2. The Morgan fingerprint density at radius 3 is 1.16 bits per heavy atom. The molecular weight excluding hydrogens is 608 g/mol. The highest BCUT2D eigenvalue weighted by Crippen LogP contribution is 2.18. The molecule has 4 amide bonds. The van der Waals surface area contributed by atoms with Gasteiger partial charge in [-0.3, -0.25) is 0 Å². The predicted molar refractivity (Wildman–Crippen MR) is 165 cm³/mol. The topological polar surface area (TPSA) is 169 Å². The van der Waals surface area contributed by atoms with Crippen LogP contribution in [0.3, 0.4) is 0 Å². The van der Waals surface area contributed by atoms with Crippen molar-refractivity contribution in [3.8, 4) is 11.5 Å². The van der Waals surface area contributed by atoms with Crippen molar-refractivity contribution in [1.29, 1.82) is 0 Å². The van der Waals surface area contributed by atoms with Gasteiger partial charge in [-0.2, -0.15) is 0 Å². The van der Waals surface area contributed by atoms with E-state index in [0.29, 0.717) is 22.9 Å². The molecule has 0 fully saturated rings. The molecule has 44 heavy (non-hydrogen) atoms. The van der Waals surface area contributed by atoms with Crippen LogP contribution in [-0.2, 0) is 20.0 Å². The average molecular weight is 639 g/mol. The highest BCUT2D eigenvalue weighted by Gasteiger charge is 2.18. The van der Waals surface area contributed by atoms with E-state index in [4.69, 9.17) is 9.47 Å². The number of rotatable bonds is 11. The van der Waals surface area contributed by atoms with E-state index in [1.165, 1.54) is 24.3 Å². The molecule has 0 bridgehead atoms. The van der Waals surface area contributed by atoms with Crippen LogP contribution in [0.4, 0.5) is 21.0 Å². The van der Waals surface area contributed by atoms with Crippen molar-refractivity contribution >= 4 is 43.5 Å². The van der Waals surface area contributed by atoms with Gasteiger partial charge in [-0.25, -0.2) is 35.9 Å². The lowest BCUT2D eigenvalue weighted by Gasteiger charge is -2.11. The summed E-state index contributed by atoms with van der Waals surface area (Å²) >= 11 is 0. The molecule has 0 saturated heterocycles. The number of hydrogen-bond acceptors (Lipinski definition) is 8. The number of benzene rings is 4. The Morgan fingerprint density at radius 2 is 0.841 bits per heavy atom. The Morgan fingerprint density at radius 1 is 0.523 bits per heavy atom. The van der Waals surface area contributed by atoms with Gasteiger partial charge in [0, 0.05) is 11.4 Å². The lowest BCUT2D eigenvalue weighted by atomic mass is 10.2. The first-order valence-electron chi connectivity index (χ1n) is 13.2. The van der Waals surface area contributed by atoms with Crippen molar-refractivity contribution in [2.45, 2.75) is 23.6 Å². The minimum absolute atomic E-state index is 0.0218. The first-order valence-corrected chi connectivity index (χ1v) is 16.1. The van der Waals surface area contributed by atoms with E-state index >= 15 is 0 Å². The van der Waals surface area contributed by atoms with Crippen molar-refractivity contribution in [3.63, 3.8) is 0 Å². The fourth-order valence-corrected chi connectivity index (χ4v) is 5.51. The molecule has 4 aromatic carbocycles. The van der Waals surface area contributed by atoms with Gasteiger partial charge < -0.3 is 20.1 Å². The van der Waals surface area contributed by atoms with Gasteiger partial charge in [0.25, 0.3) is 20.0 Å². The summed E-state index contributed by atoms with van der Waals surface area (Å²) in [5, 5.41) is 4.92. The lowest BCUT2D eigenvalue weighted by Crippen LogP contribution is -2.34. The number of carbonyl (C=O) groups is 2. The van der Waals surface area contributed by atoms with Crippen molar-refractivity contribution in [1.82, 2.24) is 9.44 Å². The van der Waals surface area contributed by atoms with Crippen LogP contribution < -0.4 is 29.6 Å². The molecule has 0 unspecified atom stereocenters. The Kier molecular flexibility index (Phi) is 10.1. The van der Waals surface area contributed by atoms with E-state index < -0.39 is 32.1 Å². The van der Waals surface area contributed by atoms with Gasteiger partial charge >= 0.3 is 12.1 Å². The Hall–Kier alpha value is -5.08. The third-order valence-electron chi connectivity index (χ3n) is 5.96. The summed E-state index contributed by atoms with van der Waals surface area (Å²) in [7, 11) is -8.02. The second-order valence-electron chi connectivity index (χ2n) is 9.49. The molecule has 0 aliphatic heterocycles. The van der Waals surface area contributed by atoms with E-state index in [9.17, 15) is 26.4 Å². The van der Waals surface area contributed by atoms with Crippen LogP contribution in [0.1, 0.15) is 11.1 Å². The zero-order valence-corrected chi connectivity index (χ0v) is 25.4. The summed E-state index contributed by atoms with van der Waals surface area (Å²) in [5.41, 5.74) is 2.51. The molecule has 0 heterocycles. The zero-order chi connectivity index (χ0) is 31.7. The Labute approximate surface area is 255 Å². The molecule has 0 radical (unpaired) electrons. The Bertz CT molecular complexity index is 1670. The molecule has 4 N–H and O–H groups in total. The maximum atomic E-state index is 12.4. The standard InChI is InChI=1S/C30H30N4O8S2/c1-21-3-15-27(16-4-21)43(37,38)33-29(35)31-23-7-11-25(12-8-23)41-19-20-42-26-13-9-24(10-14-26)32-30(36)34-44(39,40)28-17-5-22(2)6-18-28/h3-18H,19-20H2,1-2H3,(H2,31,33,35)(H2,32,34,36). The van der Waals surface area contributed by atoms with E-state index in [2.05, 4.69) is 10.6 Å². The van der Waals surface area contributed by atoms with Crippen LogP contribution in [0.2, 0.25) is 0 Å². The molecule has 0 aliphatic rings. The van der Waals surface area contributed by atoms with Gasteiger partial charge in [-0.05, 0) is 86.6 Å². The number of hydrogen-bond donors (Lipinski definition) is 4. The molecule has 0 saturated carbocycles. The summed E-state index contributed by atoms with van der Waals surface area (Å²) < 4.78 is 64.6. The minimum Gasteiger partial charge on any atom is -0.490 e. The normalized spacial score (nSPS) is 11.2. The molecule has 0 spiro atoms. The quantitative estimate of drug-likeness (QED) is 0.170. The van der Waals surface area contributed by atoms with E-state index in [1.807, 2.05) is 23.3 Å². The van der Waals surface area contributed by atoms with E-state index in [-0.39, 0.29) is 23.0 Å². The van der Waals surface area contributed by atoms with Crippen LogP contribution in [-0.4, -0.2) is 42.1 Å². The number of nitrogens with one attached hydrogen (secondary N) is 4. The number of urea groups is 2. The van der Waals surface area contributed by atoms with Crippen LogP contribution in [0.15, 0.2) is 107 Å². The highest BCUT2D eigenvalue weighted by molar-refractivity contribution is 7.90. The van der Waals surface area contributed by atoms with E-state index in [1.54, 1.807) is 72.8 Å². The molecule has 230 valence electrons. The number of ether oxygens (including phenoxy) is 2. The molecule has 12 nitrogen and oxygen atoms in total.